The quantitative estimate of drug-likeness (QED) is 0.700. The van der Waals surface area contributed by atoms with Gasteiger partial charge in [0.25, 0.3) is 5.91 Å². The third kappa shape index (κ3) is 6.24. The molecule has 0 aromatic heterocycles. The van der Waals surface area contributed by atoms with Crippen LogP contribution in [-0.4, -0.2) is 49.3 Å². The van der Waals surface area contributed by atoms with Crippen LogP contribution in [0.4, 0.5) is 0 Å². The number of amides is 2. The zero-order valence-corrected chi connectivity index (χ0v) is 15.8. The third-order valence-electron chi connectivity index (χ3n) is 3.74. The van der Waals surface area contributed by atoms with Crippen LogP contribution in [0.15, 0.2) is 18.2 Å². The van der Waals surface area contributed by atoms with E-state index in [4.69, 9.17) is 4.74 Å². The summed E-state index contributed by atoms with van der Waals surface area (Å²) in [5, 5.41) is -0.0567. The summed E-state index contributed by atoms with van der Waals surface area (Å²) < 4.78 is 28.2. The molecule has 1 aromatic rings. The first-order valence-corrected chi connectivity index (χ1v) is 10.7. The summed E-state index contributed by atoms with van der Waals surface area (Å²) in [6, 6.07) is 5.69. The maximum atomic E-state index is 11.8. The number of hydrogen-bond acceptors (Lipinski definition) is 6. The van der Waals surface area contributed by atoms with Crippen molar-refractivity contribution in [2.24, 2.45) is 0 Å². The van der Waals surface area contributed by atoms with Gasteiger partial charge in [-0.3, -0.25) is 20.4 Å². The second kappa shape index (κ2) is 8.57. The molecule has 138 valence electrons. The smallest absolute Gasteiger partial charge is 0.276 e. The van der Waals surface area contributed by atoms with Crippen molar-refractivity contribution in [3.8, 4) is 5.75 Å². The van der Waals surface area contributed by atoms with Crippen molar-refractivity contribution in [2.45, 2.75) is 25.5 Å². The maximum Gasteiger partial charge on any atom is 0.276 e. The van der Waals surface area contributed by atoms with E-state index < -0.39 is 15.7 Å². The monoisotopic (exact) mass is 386 g/mol. The minimum absolute atomic E-state index is 0.0567. The number of carbonyl (C=O) groups is 2. The minimum Gasteiger partial charge on any atom is -0.483 e. The molecular formula is C16H22N2O5S2. The van der Waals surface area contributed by atoms with E-state index in [0.717, 1.165) is 11.1 Å². The SMILES string of the molecule is Cc1cccc(C)c1OCC(=O)NNC(=O)CS[C@@H]1CCS(=O)(=O)C1. The Morgan fingerprint density at radius 2 is 1.84 bits per heavy atom. The fourth-order valence-electron chi connectivity index (χ4n) is 2.46. The molecule has 25 heavy (non-hydrogen) atoms. The molecule has 1 fully saturated rings. The number of aryl methyl sites for hydroxylation is 2. The Hall–Kier alpha value is -1.74. The van der Waals surface area contributed by atoms with Crippen molar-refractivity contribution in [3.63, 3.8) is 0 Å². The van der Waals surface area contributed by atoms with E-state index in [0.29, 0.717) is 12.2 Å². The molecule has 1 saturated heterocycles. The Balaban J connectivity index is 1.67. The average Bonchev–Trinajstić information content (AvgIpc) is 2.89. The van der Waals surface area contributed by atoms with E-state index in [1.165, 1.54) is 11.8 Å². The lowest BCUT2D eigenvalue weighted by atomic mass is 10.1. The van der Waals surface area contributed by atoms with E-state index in [1.54, 1.807) is 0 Å². The van der Waals surface area contributed by atoms with Crippen molar-refractivity contribution < 1.29 is 22.7 Å². The van der Waals surface area contributed by atoms with Gasteiger partial charge in [-0.25, -0.2) is 8.42 Å². The first-order chi connectivity index (χ1) is 11.8. The summed E-state index contributed by atoms with van der Waals surface area (Å²) in [5.41, 5.74) is 6.45. The van der Waals surface area contributed by atoms with Gasteiger partial charge in [-0.15, -0.1) is 11.8 Å². The lowest BCUT2D eigenvalue weighted by molar-refractivity contribution is -0.128. The van der Waals surface area contributed by atoms with Crippen LogP contribution in [0.25, 0.3) is 0 Å². The number of carbonyl (C=O) groups excluding carboxylic acids is 2. The van der Waals surface area contributed by atoms with E-state index in [9.17, 15) is 18.0 Å². The van der Waals surface area contributed by atoms with Crippen LogP contribution in [0, 0.1) is 13.8 Å². The van der Waals surface area contributed by atoms with Gasteiger partial charge in [-0.05, 0) is 31.4 Å². The maximum absolute atomic E-state index is 11.8. The summed E-state index contributed by atoms with van der Waals surface area (Å²) in [6.45, 7) is 3.57. The fourth-order valence-corrected chi connectivity index (χ4v) is 5.91. The summed E-state index contributed by atoms with van der Waals surface area (Å²) >= 11 is 1.29. The van der Waals surface area contributed by atoms with Gasteiger partial charge < -0.3 is 4.74 Å². The molecule has 1 aliphatic rings. The molecule has 0 spiro atoms. The summed E-state index contributed by atoms with van der Waals surface area (Å²) in [4.78, 5) is 23.5. The molecule has 1 heterocycles. The molecule has 7 nitrogen and oxygen atoms in total. The van der Waals surface area contributed by atoms with Crippen molar-refractivity contribution in [2.75, 3.05) is 23.9 Å². The Morgan fingerprint density at radius 3 is 2.44 bits per heavy atom. The van der Waals surface area contributed by atoms with Gasteiger partial charge in [-0.2, -0.15) is 0 Å². The van der Waals surface area contributed by atoms with Crippen molar-refractivity contribution >= 4 is 33.4 Å². The Morgan fingerprint density at radius 1 is 1.20 bits per heavy atom. The fraction of sp³-hybridized carbons (Fsp3) is 0.500. The highest BCUT2D eigenvalue weighted by molar-refractivity contribution is 8.02. The Bertz CT molecular complexity index is 729. The lowest BCUT2D eigenvalue weighted by Gasteiger charge is -2.12. The number of thioether (sulfide) groups is 1. The highest BCUT2D eigenvalue weighted by Gasteiger charge is 2.28. The Labute approximate surface area is 151 Å². The molecule has 2 N–H and O–H groups in total. The molecule has 2 amide bonds. The van der Waals surface area contributed by atoms with Gasteiger partial charge in [0.05, 0.1) is 17.3 Å². The lowest BCUT2D eigenvalue weighted by Crippen LogP contribution is -2.44. The Kier molecular flexibility index (Phi) is 6.71. The van der Waals surface area contributed by atoms with Gasteiger partial charge in [0.1, 0.15) is 5.75 Å². The summed E-state index contributed by atoms with van der Waals surface area (Å²) in [5.74, 6) is 0.193. The molecule has 0 unspecified atom stereocenters. The van der Waals surface area contributed by atoms with E-state index >= 15 is 0 Å². The number of nitrogens with one attached hydrogen (secondary N) is 2. The molecule has 9 heteroatoms. The number of rotatable bonds is 6. The molecule has 1 atom stereocenters. The van der Waals surface area contributed by atoms with Crippen molar-refractivity contribution in [1.82, 2.24) is 10.9 Å². The van der Waals surface area contributed by atoms with E-state index in [1.807, 2.05) is 32.0 Å². The van der Waals surface area contributed by atoms with Crippen LogP contribution < -0.4 is 15.6 Å². The largest absolute Gasteiger partial charge is 0.483 e. The summed E-state index contributed by atoms with van der Waals surface area (Å²) in [6.07, 6.45) is 0.566. The van der Waals surface area contributed by atoms with E-state index in [2.05, 4.69) is 10.9 Å². The van der Waals surface area contributed by atoms with Crippen molar-refractivity contribution in [3.05, 3.63) is 29.3 Å². The average molecular weight is 386 g/mol. The molecule has 1 aliphatic heterocycles. The molecule has 0 bridgehead atoms. The zero-order valence-electron chi connectivity index (χ0n) is 14.2. The van der Waals surface area contributed by atoms with Gasteiger partial charge >= 0.3 is 0 Å². The highest BCUT2D eigenvalue weighted by Crippen LogP contribution is 2.24. The zero-order chi connectivity index (χ0) is 18.4. The van der Waals surface area contributed by atoms with E-state index in [-0.39, 0.29) is 35.0 Å². The standard InChI is InChI=1S/C16H22N2O5S2/c1-11-4-3-5-12(2)16(11)23-8-14(19)17-18-15(20)9-24-13-6-7-25(21,22)10-13/h3-5,13H,6-10H2,1-2H3,(H,17,19)(H,18,20)/t13-/m1/s1. The topological polar surface area (TPSA) is 102 Å². The predicted octanol–water partition coefficient (Wildman–Crippen LogP) is 0.750. The number of hydrazine groups is 1. The molecule has 0 aliphatic carbocycles. The van der Waals surface area contributed by atoms with Crippen LogP contribution in [0.3, 0.4) is 0 Å². The van der Waals surface area contributed by atoms with Gasteiger partial charge in [-0.1, -0.05) is 18.2 Å². The van der Waals surface area contributed by atoms with Crippen LogP contribution in [-0.2, 0) is 19.4 Å². The van der Waals surface area contributed by atoms with Crippen molar-refractivity contribution in [1.29, 1.82) is 0 Å². The number of sulfone groups is 1. The number of hydrogen-bond donors (Lipinski definition) is 2. The second-order valence-electron chi connectivity index (χ2n) is 5.94. The van der Waals surface area contributed by atoms with Gasteiger partial charge in [0.15, 0.2) is 16.4 Å². The highest BCUT2D eigenvalue weighted by atomic mass is 32.2. The second-order valence-corrected chi connectivity index (χ2v) is 9.46. The van der Waals surface area contributed by atoms with Gasteiger partial charge in [0, 0.05) is 5.25 Å². The van der Waals surface area contributed by atoms with Gasteiger partial charge in [0.2, 0.25) is 5.91 Å². The minimum atomic E-state index is -2.95. The normalized spacial score (nSPS) is 18.6. The van der Waals surface area contributed by atoms with Crippen LogP contribution in [0.5, 0.6) is 5.75 Å². The number of ether oxygens (including phenoxy) is 1. The predicted molar refractivity (Wildman–Crippen MR) is 97.2 cm³/mol. The number of para-hydroxylation sites is 1. The summed E-state index contributed by atoms with van der Waals surface area (Å²) in [7, 11) is -2.95. The number of benzene rings is 1. The van der Waals surface area contributed by atoms with Crippen LogP contribution in [0.1, 0.15) is 17.5 Å². The van der Waals surface area contributed by atoms with Crippen LogP contribution in [0.2, 0.25) is 0 Å². The molecule has 0 radical (unpaired) electrons. The first-order valence-electron chi connectivity index (χ1n) is 7.85. The molecule has 0 saturated carbocycles. The molecule has 1 aromatic carbocycles. The first kappa shape index (κ1) is 19.6. The molecule has 2 rings (SSSR count). The van der Waals surface area contributed by atoms with Crippen LogP contribution >= 0.6 is 11.8 Å². The third-order valence-corrected chi connectivity index (χ3v) is 7.02. The molecular weight excluding hydrogens is 364 g/mol.